The molecule has 2 aliphatic rings. The van der Waals surface area contributed by atoms with Crippen LogP contribution in [-0.4, -0.2) is 65.3 Å². The number of pyridine rings is 1. The molecule has 0 spiro atoms. The minimum atomic E-state index is -0.468. The Labute approximate surface area is 167 Å². The largest absolute Gasteiger partial charge is 0.491 e. The number of hydrogen-bond acceptors (Lipinski definition) is 5. The van der Waals surface area contributed by atoms with Crippen LogP contribution in [0.4, 0.5) is 0 Å². The van der Waals surface area contributed by atoms with Gasteiger partial charge in [0, 0.05) is 57.1 Å². The van der Waals surface area contributed by atoms with E-state index in [4.69, 9.17) is 4.74 Å². The molecule has 28 heavy (non-hydrogen) atoms. The summed E-state index contributed by atoms with van der Waals surface area (Å²) < 4.78 is 5.85. The molecule has 2 aliphatic heterocycles. The van der Waals surface area contributed by atoms with Crippen molar-refractivity contribution in [2.24, 2.45) is 0 Å². The van der Waals surface area contributed by atoms with Gasteiger partial charge in [0.1, 0.15) is 18.5 Å². The van der Waals surface area contributed by atoms with Gasteiger partial charge >= 0.3 is 0 Å². The van der Waals surface area contributed by atoms with Gasteiger partial charge in [-0.3, -0.25) is 14.8 Å². The molecule has 3 heterocycles. The van der Waals surface area contributed by atoms with Crippen LogP contribution in [0.5, 0.6) is 5.75 Å². The van der Waals surface area contributed by atoms with E-state index in [2.05, 4.69) is 51.2 Å². The Hall–Kier alpha value is -2.21. The number of aromatic nitrogens is 1. The fourth-order valence-corrected chi connectivity index (χ4v) is 3.89. The van der Waals surface area contributed by atoms with E-state index in [-0.39, 0.29) is 0 Å². The molecule has 0 aliphatic carbocycles. The van der Waals surface area contributed by atoms with E-state index in [1.54, 1.807) is 0 Å². The van der Waals surface area contributed by atoms with Crippen molar-refractivity contribution in [3.63, 3.8) is 0 Å². The smallest absolute Gasteiger partial charge is 0.119 e. The van der Waals surface area contributed by atoms with Crippen LogP contribution in [-0.2, 0) is 6.54 Å². The highest BCUT2D eigenvalue weighted by molar-refractivity contribution is 5.29. The SMILES string of the molecule is OC(COc1cccc(CN2CC(c3ccccn3)C2)c1)CN1CC=CCC1. The number of likely N-dealkylation sites (tertiary alicyclic amines) is 1. The van der Waals surface area contributed by atoms with Crippen molar-refractivity contribution in [3.05, 3.63) is 72.1 Å². The first-order valence-electron chi connectivity index (χ1n) is 10.2. The Bertz CT molecular complexity index is 774. The maximum absolute atomic E-state index is 10.3. The minimum absolute atomic E-state index is 0.329. The molecule has 1 atom stereocenters. The maximum atomic E-state index is 10.3. The average molecular weight is 380 g/mol. The number of aliphatic hydroxyl groups is 1. The van der Waals surface area contributed by atoms with E-state index in [1.807, 2.05) is 24.4 Å². The Morgan fingerprint density at radius 1 is 1.11 bits per heavy atom. The average Bonchev–Trinajstić information content (AvgIpc) is 2.71. The number of aliphatic hydroxyl groups excluding tert-OH is 1. The topological polar surface area (TPSA) is 48.8 Å². The van der Waals surface area contributed by atoms with Gasteiger partial charge in [0.2, 0.25) is 0 Å². The molecule has 1 aromatic carbocycles. The molecule has 1 fully saturated rings. The first-order valence-corrected chi connectivity index (χ1v) is 10.2. The molecular formula is C23H29N3O2. The summed E-state index contributed by atoms with van der Waals surface area (Å²) in [6, 6.07) is 14.4. The highest BCUT2D eigenvalue weighted by Gasteiger charge is 2.28. The molecule has 0 bridgehead atoms. The second-order valence-corrected chi connectivity index (χ2v) is 7.78. The molecule has 1 N–H and O–H groups in total. The highest BCUT2D eigenvalue weighted by Crippen LogP contribution is 2.27. The third kappa shape index (κ3) is 5.19. The summed E-state index contributed by atoms with van der Waals surface area (Å²) >= 11 is 0. The third-order valence-electron chi connectivity index (χ3n) is 5.42. The standard InChI is InChI=1S/C23H29N3O2/c27-21(17-25-11-4-1-5-12-25)18-28-22-8-6-7-19(13-22)14-26-15-20(16-26)23-9-2-3-10-24-23/h1-4,6-10,13,20-21,27H,5,11-12,14-18H2. The van der Waals surface area contributed by atoms with E-state index in [1.165, 1.54) is 11.3 Å². The number of rotatable bonds is 8. The van der Waals surface area contributed by atoms with Gasteiger partial charge in [-0.15, -0.1) is 0 Å². The Balaban J connectivity index is 1.22. The van der Waals surface area contributed by atoms with Crippen molar-refractivity contribution in [2.45, 2.75) is 25.0 Å². The van der Waals surface area contributed by atoms with E-state index in [0.29, 0.717) is 19.1 Å². The van der Waals surface area contributed by atoms with Crippen LogP contribution < -0.4 is 4.74 Å². The van der Waals surface area contributed by atoms with Crippen molar-refractivity contribution in [2.75, 3.05) is 39.3 Å². The van der Waals surface area contributed by atoms with Crippen LogP contribution in [0.2, 0.25) is 0 Å². The molecule has 148 valence electrons. The van der Waals surface area contributed by atoms with Gasteiger partial charge in [-0.05, 0) is 36.2 Å². The lowest BCUT2D eigenvalue weighted by Crippen LogP contribution is -2.44. The Morgan fingerprint density at radius 3 is 2.82 bits per heavy atom. The van der Waals surface area contributed by atoms with E-state index in [0.717, 1.165) is 44.9 Å². The van der Waals surface area contributed by atoms with Gasteiger partial charge < -0.3 is 9.84 Å². The van der Waals surface area contributed by atoms with Crippen LogP contribution in [0.15, 0.2) is 60.8 Å². The number of β-amino-alcohol motifs (C(OH)–C–C–N with tert-alkyl or cyclic N) is 1. The molecule has 2 aromatic rings. The summed E-state index contributed by atoms with van der Waals surface area (Å²) in [4.78, 5) is 9.15. The van der Waals surface area contributed by atoms with Gasteiger partial charge in [-0.25, -0.2) is 0 Å². The van der Waals surface area contributed by atoms with Crippen molar-refractivity contribution in [3.8, 4) is 5.75 Å². The lowest BCUT2D eigenvalue weighted by atomic mass is 9.95. The summed E-state index contributed by atoms with van der Waals surface area (Å²) in [6.45, 7) is 5.93. The first-order chi connectivity index (χ1) is 13.8. The van der Waals surface area contributed by atoms with Crippen LogP contribution in [0.25, 0.3) is 0 Å². The normalized spacial score (nSPS) is 19.3. The lowest BCUT2D eigenvalue weighted by Gasteiger charge is -2.39. The van der Waals surface area contributed by atoms with E-state index >= 15 is 0 Å². The third-order valence-corrected chi connectivity index (χ3v) is 5.42. The fourth-order valence-electron chi connectivity index (χ4n) is 3.89. The lowest BCUT2D eigenvalue weighted by molar-refractivity contribution is 0.0712. The number of hydrogen-bond donors (Lipinski definition) is 1. The Morgan fingerprint density at radius 2 is 2.04 bits per heavy atom. The van der Waals surface area contributed by atoms with Crippen LogP contribution in [0, 0.1) is 0 Å². The summed E-state index contributed by atoms with van der Waals surface area (Å²) in [5, 5.41) is 10.3. The number of benzene rings is 1. The van der Waals surface area contributed by atoms with Crippen LogP contribution in [0.3, 0.4) is 0 Å². The van der Waals surface area contributed by atoms with Crippen molar-refractivity contribution in [1.29, 1.82) is 0 Å². The molecular weight excluding hydrogens is 350 g/mol. The zero-order valence-corrected chi connectivity index (χ0v) is 16.3. The van der Waals surface area contributed by atoms with E-state index in [9.17, 15) is 5.11 Å². The maximum Gasteiger partial charge on any atom is 0.119 e. The molecule has 5 heteroatoms. The zero-order chi connectivity index (χ0) is 19.2. The molecule has 1 unspecified atom stereocenters. The van der Waals surface area contributed by atoms with Gasteiger partial charge in [0.05, 0.1) is 0 Å². The van der Waals surface area contributed by atoms with Crippen molar-refractivity contribution >= 4 is 0 Å². The predicted octanol–water partition coefficient (Wildman–Crippen LogP) is 2.68. The van der Waals surface area contributed by atoms with Gasteiger partial charge in [0.25, 0.3) is 0 Å². The van der Waals surface area contributed by atoms with Gasteiger partial charge in [0.15, 0.2) is 0 Å². The fraction of sp³-hybridized carbons (Fsp3) is 0.435. The molecule has 5 nitrogen and oxygen atoms in total. The predicted molar refractivity (Wildman–Crippen MR) is 110 cm³/mol. The monoisotopic (exact) mass is 379 g/mol. The van der Waals surface area contributed by atoms with Gasteiger partial charge in [-0.1, -0.05) is 30.4 Å². The van der Waals surface area contributed by atoms with Crippen molar-refractivity contribution in [1.82, 2.24) is 14.8 Å². The number of ether oxygens (including phenoxy) is 1. The molecule has 1 aromatic heterocycles. The summed E-state index contributed by atoms with van der Waals surface area (Å²) in [7, 11) is 0. The van der Waals surface area contributed by atoms with Crippen molar-refractivity contribution < 1.29 is 9.84 Å². The molecule has 0 saturated carbocycles. The quantitative estimate of drug-likeness (QED) is 0.715. The van der Waals surface area contributed by atoms with Crippen LogP contribution >= 0.6 is 0 Å². The molecule has 0 radical (unpaired) electrons. The first kappa shape index (κ1) is 19.1. The number of nitrogens with zero attached hydrogens (tertiary/aromatic N) is 3. The molecule has 1 saturated heterocycles. The summed E-state index contributed by atoms with van der Waals surface area (Å²) in [6.07, 6.45) is 6.82. The minimum Gasteiger partial charge on any atom is -0.491 e. The Kier molecular flexibility index (Phi) is 6.37. The summed E-state index contributed by atoms with van der Waals surface area (Å²) in [5.41, 5.74) is 2.43. The second-order valence-electron chi connectivity index (χ2n) is 7.78. The van der Waals surface area contributed by atoms with E-state index < -0.39 is 6.10 Å². The zero-order valence-electron chi connectivity index (χ0n) is 16.3. The highest BCUT2D eigenvalue weighted by atomic mass is 16.5. The van der Waals surface area contributed by atoms with Crippen LogP contribution in [0.1, 0.15) is 23.6 Å². The van der Waals surface area contributed by atoms with Gasteiger partial charge in [-0.2, -0.15) is 0 Å². The molecule has 0 amide bonds. The second kappa shape index (κ2) is 9.32. The molecule has 4 rings (SSSR count). The summed E-state index contributed by atoms with van der Waals surface area (Å²) in [5.74, 6) is 1.37.